The van der Waals surface area contributed by atoms with Gasteiger partial charge in [-0.05, 0) is 12.3 Å². The lowest BCUT2D eigenvalue weighted by Gasteiger charge is -1.79. The van der Waals surface area contributed by atoms with Gasteiger partial charge >= 0.3 is 5.97 Å². The zero-order valence-corrected chi connectivity index (χ0v) is 3.72. The zero-order valence-electron chi connectivity index (χ0n) is 6.72. The molecule has 1 aliphatic carbocycles. The van der Waals surface area contributed by atoms with Gasteiger partial charge in [-0.25, -0.2) is 0 Å². The van der Waals surface area contributed by atoms with Crippen LogP contribution >= 0.6 is 0 Å². The third-order valence-electron chi connectivity index (χ3n) is 1.11. The lowest BCUT2D eigenvalue weighted by molar-refractivity contribution is -0.138. The van der Waals surface area contributed by atoms with Gasteiger partial charge in [-0.1, -0.05) is 6.85 Å². The molecule has 40 valence electrons. The molecule has 1 rings (SSSR count). The van der Waals surface area contributed by atoms with Crippen molar-refractivity contribution < 1.29 is 14.0 Å². The van der Waals surface area contributed by atoms with Crippen molar-refractivity contribution in [2.24, 2.45) is 11.8 Å². The van der Waals surface area contributed by atoms with E-state index in [-0.39, 0.29) is 0 Å². The summed E-state index contributed by atoms with van der Waals surface area (Å²) in [5, 5.41) is 8.34. The van der Waals surface area contributed by atoms with E-state index in [4.69, 9.17) is 9.22 Å². The van der Waals surface area contributed by atoms with Crippen LogP contribution in [0.2, 0.25) is 0 Å². The van der Waals surface area contributed by atoms with Gasteiger partial charge in [0.15, 0.2) is 0 Å². The third kappa shape index (κ3) is 0.734. The van der Waals surface area contributed by atoms with Crippen LogP contribution in [0.5, 0.6) is 0 Å². The van der Waals surface area contributed by atoms with E-state index in [9.17, 15) is 4.79 Å². The van der Waals surface area contributed by atoms with E-state index in [1.54, 1.807) is 0 Å². The van der Waals surface area contributed by atoms with Gasteiger partial charge in [0.1, 0.15) is 0 Å². The van der Waals surface area contributed by atoms with E-state index >= 15 is 0 Å². The van der Waals surface area contributed by atoms with Gasteiger partial charge in [-0.15, -0.1) is 0 Å². The highest BCUT2D eigenvalue weighted by Gasteiger charge is 2.38. The maximum absolute atomic E-state index is 10.2. The molecule has 0 aromatic heterocycles. The monoisotopic (exact) mass is 103 g/mol. The smallest absolute Gasteiger partial charge is 0.306 e. The van der Waals surface area contributed by atoms with Crippen molar-refractivity contribution >= 4 is 5.97 Å². The minimum Gasteiger partial charge on any atom is -0.481 e. The summed E-state index contributed by atoms with van der Waals surface area (Å²) in [6.07, 6.45) is 0.311. The molecule has 0 saturated heterocycles. The SMILES string of the molecule is [2H]C([2H])([2H])[C@@H]1C[C@@H]1C(=O)O. The summed E-state index contributed by atoms with van der Waals surface area (Å²) in [4.78, 5) is 10.2. The largest absolute Gasteiger partial charge is 0.481 e. The first-order valence-corrected chi connectivity index (χ1v) is 2.15. The van der Waals surface area contributed by atoms with Gasteiger partial charge in [0, 0.05) is 4.11 Å². The van der Waals surface area contributed by atoms with Gasteiger partial charge in [-0.2, -0.15) is 0 Å². The number of carboxylic acid groups (broad SMARTS) is 1. The number of hydrogen-bond acceptors (Lipinski definition) is 1. The van der Waals surface area contributed by atoms with E-state index in [0.717, 1.165) is 0 Å². The topological polar surface area (TPSA) is 37.3 Å². The Bertz CT molecular complexity index is 163. The van der Waals surface area contributed by atoms with Crippen molar-refractivity contribution in [3.8, 4) is 0 Å². The van der Waals surface area contributed by atoms with Crippen LogP contribution in [0.25, 0.3) is 0 Å². The van der Waals surface area contributed by atoms with Crippen LogP contribution in [-0.2, 0) is 4.79 Å². The molecule has 1 saturated carbocycles. The summed E-state index contributed by atoms with van der Waals surface area (Å²) in [6, 6.07) is 0. The van der Waals surface area contributed by atoms with Crippen molar-refractivity contribution in [2.45, 2.75) is 13.3 Å². The normalized spacial score (nSPS) is 46.0. The van der Waals surface area contributed by atoms with Gasteiger partial charge in [-0.3, -0.25) is 4.79 Å². The molecule has 1 fully saturated rings. The molecule has 2 heteroatoms. The van der Waals surface area contributed by atoms with Crippen molar-refractivity contribution in [3.63, 3.8) is 0 Å². The second-order valence-electron chi connectivity index (χ2n) is 1.79. The number of rotatable bonds is 1. The standard InChI is InChI=1S/C5H8O2/c1-3-2-4(3)5(6)7/h3-4H,2H2,1H3,(H,6,7)/t3-,4+/m1/s1/i1D3. The van der Waals surface area contributed by atoms with E-state index in [1.807, 2.05) is 0 Å². The van der Waals surface area contributed by atoms with Crippen LogP contribution in [0.4, 0.5) is 0 Å². The van der Waals surface area contributed by atoms with Crippen LogP contribution in [-0.4, -0.2) is 11.1 Å². The number of hydrogen-bond donors (Lipinski definition) is 1. The molecular weight excluding hydrogens is 92.1 g/mol. The Balaban J connectivity index is 2.46. The lowest BCUT2D eigenvalue weighted by Crippen LogP contribution is -1.97. The van der Waals surface area contributed by atoms with Crippen molar-refractivity contribution in [1.82, 2.24) is 0 Å². The number of aliphatic carboxylic acids is 1. The van der Waals surface area contributed by atoms with Crippen molar-refractivity contribution in [1.29, 1.82) is 0 Å². The van der Waals surface area contributed by atoms with Crippen LogP contribution in [0.3, 0.4) is 0 Å². The summed E-state index contributed by atoms with van der Waals surface area (Å²) in [5.41, 5.74) is 0. The van der Waals surface area contributed by atoms with Crippen LogP contribution in [0.15, 0.2) is 0 Å². The van der Waals surface area contributed by atoms with E-state index in [0.29, 0.717) is 6.42 Å². The van der Waals surface area contributed by atoms with Gasteiger partial charge < -0.3 is 5.11 Å². The highest BCUT2D eigenvalue weighted by Crippen LogP contribution is 2.37. The Morgan fingerprint density at radius 1 is 2.14 bits per heavy atom. The fourth-order valence-corrected chi connectivity index (χ4v) is 0.468. The molecule has 0 bridgehead atoms. The molecule has 0 aromatic rings. The molecule has 2 nitrogen and oxygen atoms in total. The quantitative estimate of drug-likeness (QED) is 0.531. The second-order valence-corrected chi connectivity index (χ2v) is 1.79. The zero-order chi connectivity index (χ0) is 7.94. The highest BCUT2D eigenvalue weighted by atomic mass is 16.4. The summed E-state index contributed by atoms with van der Waals surface area (Å²) >= 11 is 0. The minimum atomic E-state index is -2.07. The predicted octanol–water partition coefficient (Wildman–Crippen LogP) is 0.727. The summed E-state index contributed by atoms with van der Waals surface area (Å²) in [7, 11) is 0. The molecule has 0 unspecified atom stereocenters. The van der Waals surface area contributed by atoms with E-state index in [2.05, 4.69) is 0 Å². The first-order chi connectivity index (χ1) is 4.43. The van der Waals surface area contributed by atoms with Crippen LogP contribution in [0.1, 0.15) is 17.4 Å². The average Bonchev–Trinajstić information content (AvgIpc) is 2.35. The number of carboxylic acids is 1. The van der Waals surface area contributed by atoms with Gasteiger partial charge in [0.25, 0.3) is 0 Å². The summed E-state index contributed by atoms with van der Waals surface area (Å²) < 4.78 is 20.5. The second kappa shape index (κ2) is 1.22. The van der Waals surface area contributed by atoms with E-state index < -0.39 is 24.7 Å². The Hall–Kier alpha value is -0.530. The molecule has 2 atom stereocenters. The van der Waals surface area contributed by atoms with Crippen LogP contribution in [0, 0.1) is 11.8 Å². The molecule has 0 aromatic carbocycles. The summed E-state index contributed by atoms with van der Waals surface area (Å²) in [5.74, 6) is -2.20. The fraction of sp³-hybridized carbons (Fsp3) is 0.800. The fourth-order valence-electron chi connectivity index (χ4n) is 0.468. The maximum atomic E-state index is 10.2. The maximum Gasteiger partial charge on any atom is 0.306 e. The van der Waals surface area contributed by atoms with E-state index in [1.165, 1.54) is 0 Å². The third-order valence-corrected chi connectivity index (χ3v) is 1.11. The molecular formula is C5H8O2. The van der Waals surface area contributed by atoms with Crippen molar-refractivity contribution in [2.75, 3.05) is 0 Å². The Labute approximate surface area is 46.4 Å². The Morgan fingerprint density at radius 3 is 3.00 bits per heavy atom. The van der Waals surface area contributed by atoms with Gasteiger partial charge in [0.05, 0.1) is 5.92 Å². The van der Waals surface area contributed by atoms with Crippen LogP contribution < -0.4 is 0 Å². The molecule has 0 heterocycles. The predicted molar refractivity (Wildman–Crippen MR) is 24.9 cm³/mol. The Morgan fingerprint density at radius 2 is 2.86 bits per heavy atom. The molecule has 0 radical (unpaired) electrons. The van der Waals surface area contributed by atoms with Crippen molar-refractivity contribution in [3.05, 3.63) is 0 Å². The lowest BCUT2D eigenvalue weighted by atomic mass is 10.3. The number of carbonyl (C=O) groups is 1. The molecule has 0 aliphatic heterocycles. The Kier molecular flexibility index (Phi) is 0.376. The highest BCUT2D eigenvalue weighted by molar-refractivity contribution is 5.73. The molecule has 0 amide bonds. The molecule has 1 aliphatic rings. The first kappa shape index (κ1) is 2.16. The molecule has 7 heavy (non-hydrogen) atoms. The van der Waals surface area contributed by atoms with Gasteiger partial charge in [0.2, 0.25) is 0 Å². The molecule has 0 spiro atoms. The molecule has 1 N–H and O–H groups in total. The average molecular weight is 103 g/mol. The first-order valence-electron chi connectivity index (χ1n) is 3.65. The summed E-state index contributed by atoms with van der Waals surface area (Å²) in [6.45, 7) is -2.07. The minimum absolute atomic E-state index is 0.311.